The molecule has 0 aliphatic rings. The average Bonchev–Trinajstić information content (AvgIpc) is 2.59. The van der Waals surface area contributed by atoms with Crippen molar-refractivity contribution in [2.75, 3.05) is 7.05 Å². The van der Waals surface area contributed by atoms with E-state index < -0.39 is 0 Å². The number of rotatable bonds is 5. The summed E-state index contributed by atoms with van der Waals surface area (Å²) in [4.78, 5) is 0. The van der Waals surface area contributed by atoms with Crippen LogP contribution in [0.15, 0.2) is 60.7 Å². The minimum atomic E-state index is 0.399. The Morgan fingerprint density at radius 1 is 0.826 bits per heavy atom. The van der Waals surface area contributed by atoms with Crippen molar-refractivity contribution in [2.45, 2.75) is 32.7 Å². The molecule has 0 amide bonds. The second-order valence-electron chi connectivity index (χ2n) is 6.38. The molecule has 0 aliphatic carbocycles. The van der Waals surface area contributed by atoms with Gasteiger partial charge in [0.2, 0.25) is 0 Å². The zero-order chi connectivity index (χ0) is 16.2. The lowest BCUT2D eigenvalue weighted by atomic mass is 9.94. The standard InChI is InChI=1S/C22H25N/c1-16-8-11-19(12-9-16)22(23-3)15-14-18-13-10-17(2)20-6-4-5-7-21(18)20/h4-13,22-23H,14-15H2,1-3H3. The molecule has 0 saturated carbocycles. The Kier molecular flexibility index (Phi) is 4.78. The molecular weight excluding hydrogens is 278 g/mol. The number of hydrogen-bond acceptors (Lipinski definition) is 1. The van der Waals surface area contributed by atoms with Gasteiger partial charge >= 0.3 is 0 Å². The average molecular weight is 303 g/mol. The van der Waals surface area contributed by atoms with E-state index in [0.717, 1.165) is 12.8 Å². The van der Waals surface area contributed by atoms with E-state index >= 15 is 0 Å². The molecule has 3 rings (SSSR count). The van der Waals surface area contributed by atoms with Crippen molar-refractivity contribution in [2.24, 2.45) is 0 Å². The largest absolute Gasteiger partial charge is 0.313 e. The molecular formula is C22H25N. The van der Waals surface area contributed by atoms with Gasteiger partial charge in [-0.15, -0.1) is 0 Å². The fraction of sp³-hybridized carbons (Fsp3) is 0.273. The van der Waals surface area contributed by atoms with Gasteiger partial charge in [0, 0.05) is 6.04 Å². The molecule has 0 aromatic heterocycles. The van der Waals surface area contributed by atoms with Crippen molar-refractivity contribution >= 4 is 10.8 Å². The van der Waals surface area contributed by atoms with E-state index in [2.05, 4.69) is 86.9 Å². The Bertz CT molecular complexity index is 787. The lowest BCUT2D eigenvalue weighted by Gasteiger charge is -2.18. The molecule has 1 unspecified atom stereocenters. The highest BCUT2D eigenvalue weighted by atomic mass is 14.9. The van der Waals surface area contributed by atoms with Gasteiger partial charge in [0.1, 0.15) is 0 Å². The van der Waals surface area contributed by atoms with Gasteiger partial charge in [-0.25, -0.2) is 0 Å². The third-order valence-corrected chi connectivity index (χ3v) is 4.76. The summed E-state index contributed by atoms with van der Waals surface area (Å²) in [5.41, 5.74) is 5.48. The van der Waals surface area contributed by atoms with E-state index in [4.69, 9.17) is 0 Å². The number of nitrogens with one attached hydrogen (secondary N) is 1. The number of benzene rings is 3. The first-order valence-electron chi connectivity index (χ1n) is 8.40. The second-order valence-corrected chi connectivity index (χ2v) is 6.38. The van der Waals surface area contributed by atoms with Gasteiger partial charge in [-0.05, 0) is 61.2 Å². The maximum atomic E-state index is 3.47. The van der Waals surface area contributed by atoms with Crippen LogP contribution in [0.25, 0.3) is 10.8 Å². The predicted octanol–water partition coefficient (Wildman–Crippen LogP) is 5.35. The van der Waals surface area contributed by atoms with Gasteiger partial charge < -0.3 is 5.32 Å². The van der Waals surface area contributed by atoms with Crippen LogP contribution in [-0.4, -0.2) is 7.05 Å². The van der Waals surface area contributed by atoms with Crippen molar-refractivity contribution in [3.05, 3.63) is 82.9 Å². The molecule has 1 nitrogen and oxygen atoms in total. The summed E-state index contributed by atoms with van der Waals surface area (Å²) in [6, 6.07) is 22.5. The molecule has 1 atom stereocenters. The molecule has 0 fully saturated rings. The molecule has 0 aliphatic heterocycles. The molecule has 23 heavy (non-hydrogen) atoms. The number of fused-ring (bicyclic) bond motifs is 1. The third-order valence-electron chi connectivity index (χ3n) is 4.76. The first-order valence-corrected chi connectivity index (χ1v) is 8.40. The summed E-state index contributed by atoms with van der Waals surface area (Å²) in [6.45, 7) is 4.32. The molecule has 1 heteroatoms. The Labute approximate surface area is 139 Å². The van der Waals surface area contributed by atoms with Gasteiger partial charge in [0.05, 0.1) is 0 Å². The molecule has 0 heterocycles. The van der Waals surface area contributed by atoms with Crippen LogP contribution in [0, 0.1) is 13.8 Å². The minimum absolute atomic E-state index is 0.399. The molecule has 3 aromatic carbocycles. The highest BCUT2D eigenvalue weighted by molar-refractivity contribution is 5.88. The maximum absolute atomic E-state index is 3.47. The summed E-state index contributed by atoms with van der Waals surface area (Å²) in [6.07, 6.45) is 2.19. The van der Waals surface area contributed by atoms with Gasteiger partial charge in [0.25, 0.3) is 0 Å². The Hall–Kier alpha value is -2.12. The van der Waals surface area contributed by atoms with Crippen LogP contribution in [0.1, 0.15) is 34.7 Å². The van der Waals surface area contributed by atoms with Crippen LogP contribution in [0.4, 0.5) is 0 Å². The number of hydrogen-bond donors (Lipinski definition) is 1. The van der Waals surface area contributed by atoms with Gasteiger partial charge in [-0.3, -0.25) is 0 Å². The highest BCUT2D eigenvalue weighted by Gasteiger charge is 2.10. The molecule has 0 spiro atoms. The van der Waals surface area contributed by atoms with Crippen molar-refractivity contribution < 1.29 is 0 Å². The van der Waals surface area contributed by atoms with E-state index in [0.29, 0.717) is 6.04 Å². The molecule has 3 aromatic rings. The SMILES string of the molecule is CNC(CCc1ccc(C)c2ccccc12)c1ccc(C)cc1. The van der Waals surface area contributed by atoms with E-state index in [9.17, 15) is 0 Å². The molecule has 0 bridgehead atoms. The molecule has 1 N–H and O–H groups in total. The third kappa shape index (κ3) is 3.46. The normalized spacial score (nSPS) is 12.5. The van der Waals surface area contributed by atoms with Crippen molar-refractivity contribution in [1.29, 1.82) is 0 Å². The fourth-order valence-electron chi connectivity index (χ4n) is 3.31. The van der Waals surface area contributed by atoms with E-state index in [-0.39, 0.29) is 0 Å². The molecule has 0 saturated heterocycles. The predicted molar refractivity (Wildman–Crippen MR) is 100.0 cm³/mol. The van der Waals surface area contributed by atoms with Crippen LogP contribution in [0.3, 0.4) is 0 Å². The lowest BCUT2D eigenvalue weighted by Crippen LogP contribution is -2.17. The number of aryl methyl sites for hydroxylation is 3. The van der Waals surface area contributed by atoms with E-state index in [1.165, 1.54) is 33.0 Å². The van der Waals surface area contributed by atoms with E-state index in [1.807, 2.05) is 0 Å². The van der Waals surface area contributed by atoms with Crippen LogP contribution < -0.4 is 5.32 Å². The van der Waals surface area contributed by atoms with Crippen molar-refractivity contribution in [3.8, 4) is 0 Å². The smallest absolute Gasteiger partial charge is 0.0320 e. The summed E-state index contributed by atoms with van der Waals surface area (Å²) >= 11 is 0. The summed E-state index contributed by atoms with van der Waals surface area (Å²) < 4.78 is 0. The quantitative estimate of drug-likeness (QED) is 0.670. The fourth-order valence-corrected chi connectivity index (χ4v) is 3.31. The summed E-state index contributed by atoms with van der Waals surface area (Å²) in [7, 11) is 2.05. The first-order chi connectivity index (χ1) is 11.2. The Morgan fingerprint density at radius 3 is 2.22 bits per heavy atom. The highest BCUT2D eigenvalue weighted by Crippen LogP contribution is 2.26. The van der Waals surface area contributed by atoms with Gasteiger partial charge in [-0.2, -0.15) is 0 Å². The topological polar surface area (TPSA) is 12.0 Å². The van der Waals surface area contributed by atoms with Crippen molar-refractivity contribution in [3.63, 3.8) is 0 Å². The van der Waals surface area contributed by atoms with Crippen LogP contribution in [0.2, 0.25) is 0 Å². The monoisotopic (exact) mass is 303 g/mol. The Balaban J connectivity index is 1.82. The zero-order valence-electron chi connectivity index (χ0n) is 14.3. The van der Waals surface area contributed by atoms with Crippen LogP contribution >= 0.6 is 0 Å². The first kappa shape index (κ1) is 15.8. The van der Waals surface area contributed by atoms with E-state index in [1.54, 1.807) is 0 Å². The van der Waals surface area contributed by atoms with Gasteiger partial charge in [-0.1, -0.05) is 66.2 Å². The Morgan fingerprint density at radius 2 is 1.52 bits per heavy atom. The maximum Gasteiger partial charge on any atom is 0.0320 e. The van der Waals surface area contributed by atoms with Crippen LogP contribution in [-0.2, 0) is 6.42 Å². The lowest BCUT2D eigenvalue weighted by molar-refractivity contribution is 0.550. The second kappa shape index (κ2) is 6.97. The van der Waals surface area contributed by atoms with Crippen LogP contribution in [0.5, 0.6) is 0 Å². The molecule has 0 radical (unpaired) electrons. The minimum Gasteiger partial charge on any atom is -0.313 e. The summed E-state index contributed by atoms with van der Waals surface area (Å²) in [5, 5.41) is 6.24. The van der Waals surface area contributed by atoms with Gasteiger partial charge in [0.15, 0.2) is 0 Å². The molecule has 118 valence electrons. The zero-order valence-corrected chi connectivity index (χ0v) is 14.3. The van der Waals surface area contributed by atoms with Crippen molar-refractivity contribution in [1.82, 2.24) is 5.32 Å². The summed E-state index contributed by atoms with van der Waals surface area (Å²) in [5.74, 6) is 0.